The van der Waals surface area contributed by atoms with E-state index in [-0.39, 0.29) is 5.52 Å². The first-order chi connectivity index (χ1) is 14.1. The molecule has 0 spiro atoms. The van der Waals surface area contributed by atoms with Crippen LogP contribution in [0.4, 0.5) is 10.1 Å². The number of hydrogen-bond acceptors (Lipinski definition) is 6. The van der Waals surface area contributed by atoms with Crippen molar-refractivity contribution in [2.45, 2.75) is 26.3 Å². The van der Waals surface area contributed by atoms with E-state index in [2.05, 4.69) is 15.5 Å². The Morgan fingerprint density at radius 1 is 1.13 bits per heavy atom. The average molecular weight is 426 g/mol. The van der Waals surface area contributed by atoms with Crippen LogP contribution in [0.2, 0.25) is 0 Å². The van der Waals surface area contributed by atoms with Crippen LogP contribution in [-0.2, 0) is 15.6 Å². The molecular weight excluding hydrogens is 407 g/mol. The lowest BCUT2D eigenvalue weighted by Crippen LogP contribution is -2.36. The highest BCUT2D eigenvalue weighted by Gasteiger charge is 2.35. The Balaban J connectivity index is 1.77. The third kappa shape index (κ3) is 2.63. The Kier molecular flexibility index (Phi) is 3.67. The minimum Gasteiger partial charge on any atom is -0.370 e. The monoisotopic (exact) mass is 426 g/mol. The molecule has 0 bridgehead atoms. The first kappa shape index (κ1) is 18.7. The number of nitrogens with one attached hydrogen (secondary N) is 1. The molecule has 10 heteroatoms. The maximum Gasteiger partial charge on any atom is 0.236 e. The Morgan fingerprint density at radius 3 is 2.63 bits per heavy atom. The van der Waals surface area contributed by atoms with Gasteiger partial charge in [-0.1, -0.05) is 0 Å². The lowest BCUT2D eigenvalue weighted by atomic mass is 10.0. The van der Waals surface area contributed by atoms with Crippen LogP contribution in [-0.4, -0.2) is 38.4 Å². The van der Waals surface area contributed by atoms with Gasteiger partial charge in [0, 0.05) is 17.1 Å². The van der Waals surface area contributed by atoms with Crippen LogP contribution in [0.25, 0.3) is 28.0 Å². The zero-order valence-corrected chi connectivity index (χ0v) is 17.6. The number of pyridine rings is 1. The maximum atomic E-state index is 14.4. The zero-order chi connectivity index (χ0) is 21.4. The Hall–Kier alpha value is -3.27. The topological polar surface area (TPSA) is 94.7 Å². The van der Waals surface area contributed by atoms with E-state index in [1.54, 1.807) is 12.1 Å². The van der Waals surface area contributed by atoms with Gasteiger partial charge in [0.1, 0.15) is 11.6 Å². The van der Waals surface area contributed by atoms with Crippen molar-refractivity contribution in [2.75, 3.05) is 11.6 Å². The summed E-state index contributed by atoms with van der Waals surface area (Å²) >= 11 is 0. The molecule has 1 aliphatic rings. The number of fused-ring (bicyclic) bond motifs is 4. The van der Waals surface area contributed by atoms with Gasteiger partial charge < -0.3 is 5.32 Å². The van der Waals surface area contributed by atoms with Gasteiger partial charge in [0.25, 0.3) is 0 Å². The van der Waals surface area contributed by atoms with Crippen molar-refractivity contribution >= 4 is 26.6 Å². The number of aromatic nitrogens is 5. The number of aryl methyl sites for hydroxylation is 1. The second-order valence-electron chi connectivity index (χ2n) is 7.98. The van der Waals surface area contributed by atoms with Gasteiger partial charge in [0.15, 0.2) is 11.6 Å². The molecule has 0 aliphatic carbocycles. The molecule has 0 saturated carbocycles. The molecule has 1 N–H and O–H groups in total. The first-order valence-corrected chi connectivity index (χ1v) is 11.1. The van der Waals surface area contributed by atoms with E-state index >= 15 is 0 Å². The molecule has 3 aromatic heterocycles. The summed E-state index contributed by atoms with van der Waals surface area (Å²) in [5.41, 5.74) is 1.67. The summed E-state index contributed by atoms with van der Waals surface area (Å²) < 4.78 is 41.5. The van der Waals surface area contributed by atoms with Crippen molar-refractivity contribution in [3.63, 3.8) is 0 Å². The standard InChI is InChI=1S/C20H19FN6O2S/c1-11-24-25-19-20(2,3)23-16-6-5-15(22-18(16)27(11)19)14-9-12(21)10-17-13(14)7-8-26(17)30(4,28)29/h5-10,23H,1-4H3. The highest BCUT2D eigenvalue weighted by Crippen LogP contribution is 2.38. The van der Waals surface area contributed by atoms with Crippen LogP contribution in [0.1, 0.15) is 25.5 Å². The fourth-order valence-electron chi connectivity index (χ4n) is 3.96. The number of hydrogen-bond donors (Lipinski definition) is 1. The Labute approximate surface area is 172 Å². The number of halogens is 1. The maximum absolute atomic E-state index is 14.4. The lowest BCUT2D eigenvalue weighted by Gasteiger charge is -2.33. The molecule has 0 amide bonds. The number of benzene rings is 1. The predicted octanol–water partition coefficient (Wildman–Crippen LogP) is 3.20. The Bertz CT molecular complexity index is 1450. The molecule has 8 nitrogen and oxygen atoms in total. The van der Waals surface area contributed by atoms with Crippen LogP contribution in [0.5, 0.6) is 0 Å². The van der Waals surface area contributed by atoms with Crippen molar-refractivity contribution in [2.24, 2.45) is 0 Å². The first-order valence-electron chi connectivity index (χ1n) is 9.30. The van der Waals surface area contributed by atoms with Crippen molar-refractivity contribution in [1.82, 2.24) is 23.7 Å². The van der Waals surface area contributed by atoms with Crippen LogP contribution in [0, 0.1) is 12.7 Å². The molecule has 1 aromatic carbocycles. The van der Waals surface area contributed by atoms with E-state index < -0.39 is 21.4 Å². The van der Waals surface area contributed by atoms with Crippen molar-refractivity contribution < 1.29 is 12.8 Å². The summed E-state index contributed by atoms with van der Waals surface area (Å²) in [6.07, 6.45) is 2.51. The number of rotatable bonds is 2. The summed E-state index contributed by atoms with van der Waals surface area (Å²) in [7, 11) is -3.57. The molecule has 0 saturated heterocycles. The Morgan fingerprint density at radius 2 is 1.90 bits per heavy atom. The molecule has 0 fully saturated rings. The van der Waals surface area contributed by atoms with Crippen LogP contribution >= 0.6 is 0 Å². The van der Waals surface area contributed by atoms with Gasteiger partial charge in [-0.2, -0.15) is 0 Å². The van der Waals surface area contributed by atoms with E-state index in [1.165, 1.54) is 18.3 Å². The van der Waals surface area contributed by atoms with Gasteiger partial charge in [-0.05, 0) is 51.1 Å². The van der Waals surface area contributed by atoms with E-state index in [0.29, 0.717) is 28.3 Å². The fraction of sp³-hybridized carbons (Fsp3) is 0.250. The normalized spacial score (nSPS) is 15.0. The minimum atomic E-state index is -3.57. The molecule has 154 valence electrons. The smallest absolute Gasteiger partial charge is 0.236 e. The summed E-state index contributed by atoms with van der Waals surface area (Å²) in [6.45, 7) is 5.87. The molecular formula is C20H19FN6O2S. The average Bonchev–Trinajstić information content (AvgIpc) is 3.25. The highest BCUT2D eigenvalue weighted by atomic mass is 32.2. The van der Waals surface area contributed by atoms with Crippen LogP contribution in [0.15, 0.2) is 36.5 Å². The number of nitrogens with zero attached hydrogens (tertiary/aromatic N) is 5. The highest BCUT2D eigenvalue weighted by molar-refractivity contribution is 7.89. The van der Waals surface area contributed by atoms with E-state index in [0.717, 1.165) is 21.7 Å². The number of anilines is 1. The SMILES string of the molecule is Cc1nnc2n1-c1nc(-c3cc(F)cc4c3ccn4S(C)(=O)=O)ccc1NC2(C)C. The zero-order valence-electron chi connectivity index (χ0n) is 16.8. The third-order valence-corrected chi connectivity index (χ3v) is 6.32. The van der Waals surface area contributed by atoms with Gasteiger partial charge in [0.2, 0.25) is 10.0 Å². The van der Waals surface area contributed by atoms with Gasteiger partial charge in [0.05, 0.1) is 28.7 Å². The van der Waals surface area contributed by atoms with Gasteiger partial charge in [-0.15, -0.1) is 10.2 Å². The third-order valence-electron chi connectivity index (χ3n) is 5.29. The van der Waals surface area contributed by atoms with Gasteiger partial charge in [-0.3, -0.25) is 4.57 Å². The summed E-state index contributed by atoms with van der Waals surface area (Å²) in [5.74, 6) is 1.49. The summed E-state index contributed by atoms with van der Waals surface area (Å²) in [4.78, 5) is 4.78. The molecule has 4 aromatic rings. The quantitative estimate of drug-likeness (QED) is 0.529. The second kappa shape index (κ2) is 5.88. The molecule has 5 rings (SSSR count). The van der Waals surface area contributed by atoms with Crippen molar-refractivity contribution in [3.05, 3.63) is 54.0 Å². The molecule has 0 unspecified atom stereocenters. The van der Waals surface area contributed by atoms with E-state index in [1.807, 2.05) is 31.4 Å². The van der Waals surface area contributed by atoms with Crippen molar-refractivity contribution in [3.8, 4) is 17.1 Å². The second-order valence-corrected chi connectivity index (χ2v) is 9.84. The van der Waals surface area contributed by atoms with E-state index in [9.17, 15) is 12.8 Å². The van der Waals surface area contributed by atoms with Gasteiger partial charge >= 0.3 is 0 Å². The summed E-state index contributed by atoms with van der Waals surface area (Å²) in [5, 5.41) is 12.5. The molecule has 0 atom stereocenters. The molecule has 1 aliphatic heterocycles. The molecule has 0 radical (unpaired) electrons. The fourth-order valence-corrected chi connectivity index (χ4v) is 4.75. The van der Waals surface area contributed by atoms with E-state index in [4.69, 9.17) is 4.98 Å². The molecule has 4 heterocycles. The predicted molar refractivity (Wildman–Crippen MR) is 112 cm³/mol. The minimum absolute atomic E-state index is 0.271. The lowest BCUT2D eigenvalue weighted by molar-refractivity contribution is 0.532. The molecule has 30 heavy (non-hydrogen) atoms. The van der Waals surface area contributed by atoms with Crippen molar-refractivity contribution in [1.29, 1.82) is 0 Å². The van der Waals surface area contributed by atoms with Gasteiger partial charge in [-0.25, -0.2) is 21.8 Å². The largest absolute Gasteiger partial charge is 0.370 e. The summed E-state index contributed by atoms with van der Waals surface area (Å²) in [6, 6.07) is 7.90. The van der Waals surface area contributed by atoms with Crippen LogP contribution in [0.3, 0.4) is 0 Å². The van der Waals surface area contributed by atoms with Crippen LogP contribution < -0.4 is 5.32 Å².